The molecule has 0 unspecified atom stereocenters. The Morgan fingerprint density at radius 3 is 1.57 bits per heavy atom. The Kier molecular flexibility index (Phi) is 7.31. The maximum atomic E-state index is 11.5. The van der Waals surface area contributed by atoms with Crippen LogP contribution in [0.4, 0.5) is 0 Å². The zero-order valence-corrected chi connectivity index (χ0v) is 16.7. The lowest BCUT2D eigenvalue weighted by Gasteiger charge is -2.34. The maximum Gasteiger partial charge on any atom is 0.308 e. The Morgan fingerprint density at radius 2 is 1.21 bits per heavy atom. The summed E-state index contributed by atoms with van der Waals surface area (Å²) in [5.41, 5.74) is 0. The summed E-state index contributed by atoms with van der Waals surface area (Å²) in [6.45, 7) is 4.97. The van der Waals surface area contributed by atoms with E-state index in [0.29, 0.717) is 45.9 Å². The van der Waals surface area contributed by atoms with E-state index in [1.807, 2.05) is 6.92 Å². The molecule has 2 aliphatic heterocycles. The van der Waals surface area contributed by atoms with E-state index in [9.17, 15) is 9.59 Å². The van der Waals surface area contributed by atoms with E-state index in [1.54, 1.807) is 0 Å². The van der Waals surface area contributed by atoms with Gasteiger partial charge < -0.3 is 28.8 Å². The van der Waals surface area contributed by atoms with Crippen LogP contribution in [0.25, 0.3) is 0 Å². The predicted octanol–water partition coefficient (Wildman–Crippen LogP) is 2.49. The summed E-state index contributed by atoms with van der Waals surface area (Å²) >= 11 is 0. The van der Waals surface area contributed by atoms with Gasteiger partial charge in [-0.15, -0.1) is 0 Å². The van der Waals surface area contributed by atoms with Crippen molar-refractivity contribution in [3.63, 3.8) is 0 Å². The highest BCUT2D eigenvalue weighted by Crippen LogP contribution is 2.39. The lowest BCUT2D eigenvalue weighted by molar-refractivity contribution is -0.188. The predicted molar refractivity (Wildman–Crippen MR) is 97.5 cm³/mol. The second-order valence-electron chi connectivity index (χ2n) is 7.85. The number of hydrogen-bond acceptors (Lipinski definition) is 7. The van der Waals surface area contributed by atoms with Crippen molar-refractivity contribution in [2.45, 2.75) is 69.9 Å². The topological polar surface area (TPSA) is 101 Å². The van der Waals surface area contributed by atoms with Gasteiger partial charge in [0.25, 0.3) is 0 Å². The number of hydrogen-bond donors (Lipinski definition) is 1. The van der Waals surface area contributed by atoms with Crippen LogP contribution in [0.15, 0.2) is 0 Å². The van der Waals surface area contributed by atoms with Crippen LogP contribution in [-0.4, -0.2) is 61.7 Å². The zero-order valence-electron chi connectivity index (χ0n) is 16.7. The lowest BCUT2D eigenvalue weighted by Crippen LogP contribution is -2.37. The molecule has 0 radical (unpaired) electrons. The second-order valence-corrected chi connectivity index (χ2v) is 7.85. The molecule has 8 nitrogen and oxygen atoms in total. The molecule has 0 amide bonds. The van der Waals surface area contributed by atoms with Crippen LogP contribution in [0, 0.1) is 11.8 Å². The van der Waals surface area contributed by atoms with Crippen LogP contribution in [0.2, 0.25) is 0 Å². The van der Waals surface area contributed by atoms with Crippen molar-refractivity contribution in [1.82, 2.24) is 0 Å². The minimum atomic E-state index is -0.687. The fourth-order valence-corrected chi connectivity index (χ4v) is 4.43. The van der Waals surface area contributed by atoms with Crippen LogP contribution in [0.3, 0.4) is 0 Å². The Morgan fingerprint density at radius 1 is 0.821 bits per heavy atom. The van der Waals surface area contributed by atoms with Gasteiger partial charge in [-0.2, -0.15) is 0 Å². The third-order valence-electron chi connectivity index (χ3n) is 6.09. The van der Waals surface area contributed by atoms with Gasteiger partial charge in [0.2, 0.25) is 0 Å². The van der Waals surface area contributed by atoms with Crippen molar-refractivity contribution in [1.29, 1.82) is 0 Å². The van der Waals surface area contributed by atoms with Crippen LogP contribution >= 0.6 is 0 Å². The molecule has 8 heteroatoms. The molecule has 2 saturated carbocycles. The molecule has 1 N–H and O–H groups in total. The molecule has 0 bridgehead atoms. The Hall–Kier alpha value is -1.22. The van der Waals surface area contributed by atoms with E-state index in [2.05, 4.69) is 0 Å². The van der Waals surface area contributed by atoms with Gasteiger partial charge >= 0.3 is 11.9 Å². The van der Waals surface area contributed by atoms with Crippen molar-refractivity contribution in [3.8, 4) is 0 Å². The zero-order chi connectivity index (χ0) is 20.0. The standard InChI is InChI=1S/C11H18O4.C9H14O4/c1-2-13-10(12)9-3-5-11(6-4-9)14-7-8-15-11;10-8(11)7-1-3-9(4-2-7)12-5-6-13-9/h9H,2-8H2,1H3;7H,1-6H2,(H,10,11). The summed E-state index contributed by atoms with van der Waals surface area (Å²) in [6.07, 6.45) is 6.07. The highest BCUT2D eigenvalue weighted by molar-refractivity contribution is 5.72. The third kappa shape index (κ3) is 5.23. The van der Waals surface area contributed by atoms with Gasteiger partial charge in [-0.25, -0.2) is 0 Å². The molecular weight excluding hydrogens is 368 g/mol. The van der Waals surface area contributed by atoms with Crippen molar-refractivity contribution in [3.05, 3.63) is 0 Å². The average Bonchev–Trinajstić information content (AvgIpc) is 3.34. The summed E-state index contributed by atoms with van der Waals surface area (Å²) in [7, 11) is 0. The van der Waals surface area contributed by atoms with Gasteiger partial charge in [-0.05, 0) is 32.6 Å². The Bertz CT molecular complexity index is 516. The lowest BCUT2D eigenvalue weighted by atomic mass is 9.85. The monoisotopic (exact) mass is 400 g/mol. The van der Waals surface area contributed by atoms with Crippen molar-refractivity contribution < 1.29 is 38.4 Å². The maximum absolute atomic E-state index is 11.5. The minimum absolute atomic E-state index is 0.0448. The molecule has 0 atom stereocenters. The van der Waals surface area contributed by atoms with Gasteiger partial charge in [0.05, 0.1) is 44.9 Å². The molecule has 28 heavy (non-hydrogen) atoms. The molecule has 2 heterocycles. The SMILES string of the molecule is CCOC(=O)C1CCC2(CC1)OCCO2.O=C(O)C1CCC2(CC1)OCCO2. The first kappa shape index (κ1) is 21.5. The molecule has 4 rings (SSSR count). The molecule has 2 aliphatic carbocycles. The number of aliphatic carboxylic acids is 1. The summed E-state index contributed by atoms with van der Waals surface area (Å²) in [5, 5.41) is 8.79. The summed E-state index contributed by atoms with van der Waals surface area (Å²) in [6, 6.07) is 0. The highest BCUT2D eigenvalue weighted by atomic mass is 16.7. The van der Waals surface area contributed by atoms with Gasteiger partial charge in [0, 0.05) is 25.7 Å². The van der Waals surface area contributed by atoms with Gasteiger partial charge in [-0.1, -0.05) is 0 Å². The average molecular weight is 400 g/mol. The van der Waals surface area contributed by atoms with Crippen LogP contribution < -0.4 is 0 Å². The minimum Gasteiger partial charge on any atom is -0.481 e. The van der Waals surface area contributed by atoms with Crippen LogP contribution in [0.5, 0.6) is 0 Å². The summed E-state index contributed by atoms with van der Waals surface area (Å²) in [5.74, 6) is -1.70. The Labute approximate surface area is 165 Å². The number of carbonyl (C=O) groups is 2. The van der Waals surface area contributed by atoms with Crippen LogP contribution in [-0.2, 0) is 33.3 Å². The molecule has 4 aliphatic rings. The molecule has 0 aromatic carbocycles. The second kappa shape index (κ2) is 9.52. The summed E-state index contributed by atoms with van der Waals surface area (Å²) in [4.78, 5) is 22.2. The number of carboxylic acids is 1. The molecule has 2 spiro atoms. The van der Waals surface area contributed by atoms with E-state index >= 15 is 0 Å². The van der Waals surface area contributed by atoms with Crippen LogP contribution in [0.1, 0.15) is 58.3 Å². The molecule has 0 aromatic heterocycles. The number of carbonyl (C=O) groups excluding carboxylic acids is 1. The largest absolute Gasteiger partial charge is 0.481 e. The first-order chi connectivity index (χ1) is 13.5. The smallest absolute Gasteiger partial charge is 0.308 e. The van der Waals surface area contributed by atoms with Crippen molar-refractivity contribution >= 4 is 11.9 Å². The summed E-state index contributed by atoms with van der Waals surface area (Å²) < 4.78 is 27.2. The molecular formula is C20H32O8. The van der Waals surface area contributed by atoms with Crippen molar-refractivity contribution in [2.24, 2.45) is 11.8 Å². The van der Waals surface area contributed by atoms with Crippen molar-refractivity contribution in [2.75, 3.05) is 33.0 Å². The first-order valence-electron chi connectivity index (χ1n) is 10.4. The molecule has 0 aromatic rings. The van der Waals surface area contributed by atoms with E-state index in [4.69, 9.17) is 28.8 Å². The van der Waals surface area contributed by atoms with E-state index in [-0.39, 0.29) is 23.6 Å². The Balaban J connectivity index is 0.000000162. The van der Waals surface area contributed by atoms with Gasteiger partial charge in [0.15, 0.2) is 11.6 Å². The number of ether oxygens (including phenoxy) is 5. The fourth-order valence-electron chi connectivity index (χ4n) is 4.43. The third-order valence-corrected chi connectivity index (χ3v) is 6.09. The fraction of sp³-hybridized carbons (Fsp3) is 0.900. The molecule has 160 valence electrons. The van der Waals surface area contributed by atoms with E-state index in [0.717, 1.165) is 38.5 Å². The number of carboxylic acid groups (broad SMARTS) is 1. The van der Waals surface area contributed by atoms with Gasteiger partial charge in [0.1, 0.15) is 0 Å². The van der Waals surface area contributed by atoms with E-state index < -0.39 is 11.8 Å². The van der Waals surface area contributed by atoms with E-state index in [1.165, 1.54) is 0 Å². The molecule has 4 fully saturated rings. The number of esters is 1. The first-order valence-corrected chi connectivity index (χ1v) is 10.4. The quantitative estimate of drug-likeness (QED) is 0.721. The molecule has 2 saturated heterocycles. The van der Waals surface area contributed by atoms with Gasteiger partial charge in [-0.3, -0.25) is 9.59 Å². The number of rotatable bonds is 3. The highest BCUT2D eigenvalue weighted by Gasteiger charge is 2.43. The normalized spacial score (nSPS) is 28.7.